The molecule has 2 nitrogen and oxygen atoms in total. The highest BCUT2D eigenvalue weighted by atomic mass is 79.9. The van der Waals surface area contributed by atoms with Crippen molar-refractivity contribution in [1.29, 1.82) is 0 Å². The average molecular weight is 228 g/mol. The van der Waals surface area contributed by atoms with Crippen LogP contribution >= 0.6 is 15.9 Å². The van der Waals surface area contributed by atoms with Crippen molar-refractivity contribution in [3.63, 3.8) is 0 Å². The maximum absolute atomic E-state index is 9.29. The van der Waals surface area contributed by atoms with E-state index in [0.717, 1.165) is 5.56 Å². The van der Waals surface area contributed by atoms with Crippen LogP contribution < -0.4 is 5.73 Å². The fourth-order valence-corrected chi connectivity index (χ4v) is 1.26. The normalized spacial score (nSPS) is 10.8. The van der Waals surface area contributed by atoms with Gasteiger partial charge in [-0.05, 0) is 27.6 Å². The molecule has 0 aromatic heterocycles. The molecular formula is C9H10BrNO. The molecule has 64 valence electrons. The van der Waals surface area contributed by atoms with Gasteiger partial charge in [0.15, 0.2) is 0 Å². The van der Waals surface area contributed by atoms with E-state index in [2.05, 4.69) is 15.9 Å². The van der Waals surface area contributed by atoms with E-state index in [-0.39, 0.29) is 5.75 Å². The number of halogens is 1. The molecule has 1 aromatic carbocycles. The smallest absolute Gasteiger partial charge is 0.130 e. The van der Waals surface area contributed by atoms with Crippen molar-refractivity contribution in [2.75, 3.05) is 6.54 Å². The van der Waals surface area contributed by atoms with Crippen LogP contribution in [0.1, 0.15) is 5.56 Å². The number of rotatable bonds is 2. The Balaban J connectivity index is 3.00. The van der Waals surface area contributed by atoms with Crippen molar-refractivity contribution in [2.45, 2.75) is 0 Å². The van der Waals surface area contributed by atoms with E-state index in [1.807, 2.05) is 18.2 Å². The van der Waals surface area contributed by atoms with Crippen LogP contribution in [0.15, 0.2) is 28.7 Å². The van der Waals surface area contributed by atoms with Gasteiger partial charge in [0.2, 0.25) is 0 Å². The first kappa shape index (κ1) is 9.29. The van der Waals surface area contributed by atoms with Gasteiger partial charge in [-0.25, -0.2) is 0 Å². The van der Waals surface area contributed by atoms with Crippen LogP contribution in [-0.2, 0) is 0 Å². The molecule has 3 N–H and O–H groups in total. The summed E-state index contributed by atoms with van der Waals surface area (Å²) in [6.07, 6.45) is 3.70. The molecule has 0 aliphatic carbocycles. The summed E-state index contributed by atoms with van der Waals surface area (Å²) in [5.41, 5.74) is 6.23. The van der Waals surface area contributed by atoms with Crippen LogP contribution in [0.4, 0.5) is 0 Å². The zero-order valence-electron chi connectivity index (χ0n) is 6.50. The van der Waals surface area contributed by atoms with Gasteiger partial charge in [0.1, 0.15) is 5.75 Å². The summed E-state index contributed by atoms with van der Waals surface area (Å²) in [4.78, 5) is 0. The first-order valence-electron chi connectivity index (χ1n) is 3.60. The lowest BCUT2D eigenvalue weighted by molar-refractivity contribution is 0.472. The second-order valence-electron chi connectivity index (χ2n) is 2.32. The Labute approximate surface area is 79.8 Å². The third-order valence-corrected chi connectivity index (χ3v) is 2.31. The highest BCUT2D eigenvalue weighted by Gasteiger charge is 1.99. The second-order valence-corrected chi connectivity index (χ2v) is 3.11. The van der Waals surface area contributed by atoms with E-state index < -0.39 is 0 Å². The Kier molecular flexibility index (Phi) is 3.31. The van der Waals surface area contributed by atoms with E-state index in [9.17, 15) is 5.11 Å². The fourth-order valence-electron chi connectivity index (χ4n) is 0.861. The molecule has 1 rings (SSSR count). The molecule has 0 spiro atoms. The molecule has 0 saturated carbocycles. The highest BCUT2D eigenvalue weighted by Crippen LogP contribution is 2.27. The largest absolute Gasteiger partial charge is 0.507 e. The lowest BCUT2D eigenvalue weighted by Gasteiger charge is -1.99. The number of phenolic OH excluding ortho intramolecular Hbond substituents is 1. The lowest BCUT2D eigenvalue weighted by atomic mass is 10.2. The van der Waals surface area contributed by atoms with Gasteiger partial charge in [0.05, 0.1) is 4.47 Å². The van der Waals surface area contributed by atoms with E-state index in [4.69, 9.17) is 5.73 Å². The number of aromatic hydroxyl groups is 1. The first-order valence-corrected chi connectivity index (χ1v) is 4.39. The molecule has 0 heterocycles. The topological polar surface area (TPSA) is 46.2 Å². The van der Waals surface area contributed by atoms with Crippen LogP contribution in [0.3, 0.4) is 0 Å². The van der Waals surface area contributed by atoms with Gasteiger partial charge in [-0.2, -0.15) is 0 Å². The van der Waals surface area contributed by atoms with Crippen molar-refractivity contribution in [2.24, 2.45) is 5.73 Å². The minimum absolute atomic E-state index is 0.245. The van der Waals surface area contributed by atoms with Crippen molar-refractivity contribution >= 4 is 22.0 Å². The predicted octanol–water partition coefficient (Wildman–Crippen LogP) is 2.13. The summed E-state index contributed by atoms with van der Waals surface area (Å²) in [7, 11) is 0. The first-order chi connectivity index (χ1) is 5.75. The van der Waals surface area contributed by atoms with Crippen LogP contribution in [0.25, 0.3) is 6.08 Å². The second kappa shape index (κ2) is 4.28. The molecule has 0 amide bonds. The Morgan fingerprint density at radius 2 is 2.25 bits per heavy atom. The third kappa shape index (κ3) is 2.09. The molecule has 0 saturated heterocycles. The monoisotopic (exact) mass is 227 g/mol. The number of hydrogen-bond donors (Lipinski definition) is 2. The summed E-state index contributed by atoms with van der Waals surface area (Å²) in [6.45, 7) is 0.502. The molecule has 3 heteroatoms. The van der Waals surface area contributed by atoms with Gasteiger partial charge >= 0.3 is 0 Å². The molecule has 0 aliphatic rings. The van der Waals surface area contributed by atoms with Gasteiger partial charge < -0.3 is 10.8 Å². The van der Waals surface area contributed by atoms with Crippen molar-refractivity contribution in [1.82, 2.24) is 0 Å². The average Bonchev–Trinajstić information content (AvgIpc) is 2.08. The molecule has 0 bridgehead atoms. The van der Waals surface area contributed by atoms with E-state index >= 15 is 0 Å². The molecule has 0 fully saturated rings. The maximum Gasteiger partial charge on any atom is 0.130 e. The minimum atomic E-state index is 0.245. The van der Waals surface area contributed by atoms with Crippen molar-refractivity contribution in [3.8, 4) is 5.75 Å². The van der Waals surface area contributed by atoms with Gasteiger partial charge in [0.25, 0.3) is 0 Å². The van der Waals surface area contributed by atoms with Crippen LogP contribution in [-0.4, -0.2) is 11.7 Å². The van der Waals surface area contributed by atoms with E-state index in [1.54, 1.807) is 12.1 Å². The van der Waals surface area contributed by atoms with Crippen LogP contribution in [0.2, 0.25) is 0 Å². The summed E-state index contributed by atoms with van der Waals surface area (Å²) >= 11 is 3.27. The zero-order valence-corrected chi connectivity index (χ0v) is 8.08. The Morgan fingerprint density at radius 1 is 1.50 bits per heavy atom. The third-order valence-electron chi connectivity index (χ3n) is 1.44. The lowest BCUT2D eigenvalue weighted by Crippen LogP contribution is -1.92. The predicted molar refractivity (Wildman–Crippen MR) is 53.9 cm³/mol. The van der Waals surface area contributed by atoms with Gasteiger partial charge in [-0.15, -0.1) is 0 Å². The SMILES string of the molecule is NC/C=C/c1cccc(O)c1Br. The van der Waals surface area contributed by atoms with Crippen molar-refractivity contribution in [3.05, 3.63) is 34.3 Å². The number of phenols is 1. The molecule has 0 radical (unpaired) electrons. The standard InChI is InChI=1S/C9H10BrNO/c10-9-7(4-2-6-11)3-1-5-8(9)12/h1-5,12H,6,11H2/b4-2+. The fraction of sp³-hybridized carbons (Fsp3) is 0.111. The molecular weight excluding hydrogens is 218 g/mol. The van der Waals surface area contributed by atoms with Crippen LogP contribution in [0.5, 0.6) is 5.75 Å². The van der Waals surface area contributed by atoms with Gasteiger partial charge in [-0.3, -0.25) is 0 Å². The van der Waals surface area contributed by atoms with Gasteiger partial charge in [-0.1, -0.05) is 24.3 Å². The van der Waals surface area contributed by atoms with E-state index in [1.165, 1.54) is 0 Å². The zero-order chi connectivity index (χ0) is 8.97. The summed E-state index contributed by atoms with van der Waals surface area (Å²) in [5, 5.41) is 9.29. The maximum atomic E-state index is 9.29. The summed E-state index contributed by atoms with van der Waals surface area (Å²) in [6, 6.07) is 5.32. The molecule has 0 aliphatic heterocycles. The molecule has 1 aromatic rings. The summed E-state index contributed by atoms with van der Waals surface area (Å²) in [5.74, 6) is 0.245. The van der Waals surface area contributed by atoms with Gasteiger partial charge in [0, 0.05) is 6.54 Å². The Morgan fingerprint density at radius 3 is 2.92 bits per heavy atom. The van der Waals surface area contributed by atoms with Crippen molar-refractivity contribution < 1.29 is 5.11 Å². The quantitative estimate of drug-likeness (QED) is 0.814. The molecule has 12 heavy (non-hydrogen) atoms. The number of hydrogen-bond acceptors (Lipinski definition) is 2. The highest BCUT2D eigenvalue weighted by molar-refractivity contribution is 9.10. The van der Waals surface area contributed by atoms with E-state index in [0.29, 0.717) is 11.0 Å². The Hall–Kier alpha value is -0.800. The number of nitrogens with two attached hydrogens (primary N) is 1. The number of benzene rings is 1. The minimum Gasteiger partial charge on any atom is -0.507 e. The molecule has 0 unspecified atom stereocenters. The molecule has 0 atom stereocenters. The van der Waals surface area contributed by atoms with Crippen LogP contribution in [0, 0.1) is 0 Å². The Bertz CT molecular complexity index is 297. The summed E-state index contributed by atoms with van der Waals surface area (Å²) < 4.78 is 0.703.